The zero-order chi connectivity index (χ0) is 24.3. The molecular formula is C32H69ClP+. The van der Waals surface area contributed by atoms with Crippen molar-refractivity contribution in [1.82, 2.24) is 0 Å². The lowest BCUT2D eigenvalue weighted by molar-refractivity contribution is 0.610. The molecule has 0 nitrogen and oxygen atoms in total. The summed E-state index contributed by atoms with van der Waals surface area (Å²) in [6.45, 7) is 9.38. The molecule has 0 rings (SSSR count). The third-order valence-electron chi connectivity index (χ3n) is 7.94. The summed E-state index contributed by atoms with van der Waals surface area (Å²) in [4.78, 5) is 0. The van der Waals surface area contributed by atoms with E-state index in [1.54, 1.807) is 50.3 Å². The molecule has 0 aliphatic rings. The van der Waals surface area contributed by atoms with E-state index < -0.39 is 7.26 Å². The molecule has 0 saturated heterocycles. The van der Waals surface area contributed by atoms with Gasteiger partial charge in [0.1, 0.15) is 0 Å². The van der Waals surface area contributed by atoms with E-state index in [1.807, 2.05) is 0 Å². The maximum atomic E-state index is 2.35. The summed E-state index contributed by atoms with van der Waals surface area (Å²) in [5.74, 6) is 0. The minimum absolute atomic E-state index is 0. The van der Waals surface area contributed by atoms with E-state index in [0.29, 0.717) is 0 Å². The lowest BCUT2D eigenvalue weighted by Gasteiger charge is -2.28. The first-order chi connectivity index (χ1) is 16.2. The lowest BCUT2D eigenvalue weighted by atomic mass is 10.1. The van der Waals surface area contributed by atoms with E-state index in [9.17, 15) is 0 Å². The van der Waals surface area contributed by atoms with Crippen LogP contribution in [-0.4, -0.2) is 24.6 Å². The summed E-state index contributed by atoms with van der Waals surface area (Å²) in [5, 5.41) is 0. The predicted molar refractivity (Wildman–Crippen MR) is 167 cm³/mol. The second-order valence-corrected chi connectivity index (χ2v) is 15.8. The highest BCUT2D eigenvalue weighted by Gasteiger charge is 2.34. The van der Waals surface area contributed by atoms with Gasteiger partial charge in [-0.2, -0.15) is 0 Å². The Bertz CT molecular complexity index is 287. The maximum absolute atomic E-state index is 2.35. The molecule has 0 spiro atoms. The van der Waals surface area contributed by atoms with Crippen LogP contribution in [0, 0.1) is 0 Å². The van der Waals surface area contributed by atoms with Crippen molar-refractivity contribution in [2.24, 2.45) is 0 Å². The maximum Gasteiger partial charge on any atom is 0.0594 e. The molecule has 0 radical (unpaired) electrons. The SMILES string of the molecule is CCCCCCCC[P+](CCCCCCCC)(CCCCCCCC)CCCCCCCC.Cl. The van der Waals surface area contributed by atoms with E-state index >= 15 is 0 Å². The first-order valence-corrected chi connectivity index (χ1v) is 18.6. The van der Waals surface area contributed by atoms with Gasteiger partial charge in [-0.3, -0.25) is 0 Å². The highest BCUT2D eigenvalue weighted by molar-refractivity contribution is 7.75. The Balaban J connectivity index is 0. The molecule has 0 fully saturated rings. The van der Waals surface area contributed by atoms with Gasteiger partial charge in [0.05, 0.1) is 24.6 Å². The Hall–Kier alpha value is 0.720. The Morgan fingerprint density at radius 1 is 0.265 bits per heavy atom. The third-order valence-corrected chi connectivity index (χ3v) is 13.0. The number of hydrogen-bond donors (Lipinski definition) is 0. The summed E-state index contributed by atoms with van der Waals surface area (Å²) in [6.07, 6.45) is 42.1. The molecule has 0 saturated carbocycles. The first-order valence-electron chi connectivity index (χ1n) is 16.1. The Kier molecular flexibility index (Phi) is 32.5. The first kappa shape index (κ1) is 36.9. The van der Waals surface area contributed by atoms with E-state index in [2.05, 4.69) is 27.7 Å². The Morgan fingerprint density at radius 2 is 0.441 bits per heavy atom. The summed E-state index contributed by atoms with van der Waals surface area (Å²) >= 11 is 0. The second-order valence-electron chi connectivity index (χ2n) is 11.3. The second kappa shape index (κ2) is 29.9. The van der Waals surface area contributed by atoms with Crippen molar-refractivity contribution in [1.29, 1.82) is 0 Å². The average molecular weight is 520 g/mol. The fourth-order valence-corrected chi connectivity index (χ4v) is 10.5. The number of rotatable bonds is 28. The minimum Gasteiger partial charge on any atom is -0.147 e. The van der Waals surface area contributed by atoms with Gasteiger partial charge in [-0.05, 0) is 51.4 Å². The molecule has 0 aromatic carbocycles. The number of unbranched alkanes of at least 4 members (excludes halogenated alkanes) is 20. The van der Waals surface area contributed by atoms with Crippen molar-refractivity contribution in [2.45, 2.75) is 182 Å². The van der Waals surface area contributed by atoms with Gasteiger partial charge in [-0.1, -0.05) is 130 Å². The van der Waals surface area contributed by atoms with Crippen LogP contribution in [0.2, 0.25) is 0 Å². The molecule has 0 aliphatic heterocycles. The van der Waals surface area contributed by atoms with Crippen molar-refractivity contribution in [3.05, 3.63) is 0 Å². The average Bonchev–Trinajstić information content (AvgIpc) is 2.83. The number of halogens is 1. The molecule has 0 aliphatic carbocycles. The highest BCUT2D eigenvalue weighted by Crippen LogP contribution is 2.61. The van der Waals surface area contributed by atoms with Crippen LogP contribution in [0.25, 0.3) is 0 Å². The fraction of sp³-hybridized carbons (Fsp3) is 1.00. The van der Waals surface area contributed by atoms with Gasteiger partial charge in [0.25, 0.3) is 0 Å². The predicted octanol–water partition coefficient (Wildman–Crippen LogP) is 12.9. The normalized spacial score (nSPS) is 11.6. The third kappa shape index (κ3) is 24.4. The summed E-state index contributed by atoms with van der Waals surface area (Å²) < 4.78 is 0. The van der Waals surface area contributed by atoms with Gasteiger partial charge in [-0.25, -0.2) is 0 Å². The van der Waals surface area contributed by atoms with E-state index in [1.165, 1.54) is 128 Å². The topological polar surface area (TPSA) is 0 Å². The van der Waals surface area contributed by atoms with Crippen LogP contribution >= 0.6 is 19.7 Å². The van der Waals surface area contributed by atoms with Gasteiger partial charge in [0.15, 0.2) is 0 Å². The van der Waals surface area contributed by atoms with E-state index in [-0.39, 0.29) is 12.4 Å². The standard InChI is InChI=1S/C32H68P.ClH/c1-5-9-13-17-21-25-29-33(30-26-22-18-14-10-6-2,31-27-23-19-15-11-7-3)32-28-24-20-16-12-8-4;/h5-32H2,1-4H3;1H/q+1;. The molecule has 0 aromatic heterocycles. The van der Waals surface area contributed by atoms with Crippen LogP contribution in [0.3, 0.4) is 0 Å². The zero-order valence-electron chi connectivity index (χ0n) is 24.7. The molecule has 34 heavy (non-hydrogen) atoms. The smallest absolute Gasteiger partial charge is 0.0594 e. The van der Waals surface area contributed by atoms with Crippen molar-refractivity contribution in [2.75, 3.05) is 24.6 Å². The van der Waals surface area contributed by atoms with Crippen LogP contribution < -0.4 is 0 Å². The molecule has 0 heterocycles. The molecule has 0 amide bonds. The summed E-state index contributed by atoms with van der Waals surface area (Å²) in [5.41, 5.74) is 0. The van der Waals surface area contributed by atoms with Crippen LogP contribution in [0.5, 0.6) is 0 Å². The highest BCUT2D eigenvalue weighted by atomic mass is 35.5. The molecule has 0 atom stereocenters. The van der Waals surface area contributed by atoms with Crippen molar-refractivity contribution in [3.63, 3.8) is 0 Å². The van der Waals surface area contributed by atoms with E-state index in [0.717, 1.165) is 0 Å². The molecule has 0 unspecified atom stereocenters. The van der Waals surface area contributed by atoms with Crippen molar-refractivity contribution >= 4 is 19.7 Å². The molecule has 2 heteroatoms. The lowest BCUT2D eigenvalue weighted by Crippen LogP contribution is -2.13. The zero-order valence-corrected chi connectivity index (χ0v) is 26.4. The van der Waals surface area contributed by atoms with Crippen molar-refractivity contribution in [3.8, 4) is 0 Å². The van der Waals surface area contributed by atoms with Crippen LogP contribution in [0.1, 0.15) is 182 Å². The Labute approximate surface area is 225 Å². The van der Waals surface area contributed by atoms with Gasteiger partial charge >= 0.3 is 0 Å². The van der Waals surface area contributed by atoms with Crippen LogP contribution in [-0.2, 0) is 0 Å². The molecule has 208 valence electrons. The van der Waals surface area contributed by atoms with E-state index in [4.69, 9.17) is 0 Å². The largest absolute Gasteiger partial charge is 0.147 e. The van der Waals surface area contributed by atoms with Crippen molar-refractivity contribution < 1.29 is 0 Å². The van der Waals surface area contributed by atoms with Gasteiger partial charge in [0.2, 0.25) is 0 Å². The molecule has 0 N–H and O–H groups in total. The van der Waals surface area contributed by atoms with Gasteiger partial charge in [-0.15, -0.1) is 12.4 Å². The Morgan fingerprint density at radius 3 is 0.647 bits per heavy atom. The van der Waals surface area contributed by atoms with Gasteiger partial charge < -0.3 is 0 Å². The minimum atomic E-state index is -0.718. The quantitative estimate of drug-likeness (QED) is 0.0711. The molecule has 0 bridgehead atoms. The summed E-state index contributed by atoms with van der Waals surface area (Å²) in [7, 11) is -0.718. The fourth-order valence-electron chi connectivity index (χ4n) is 5.58. The monoisotopic (exact) mass is 519 g/mol. The molecule has 0 aromatic rings. The number of hydrogen-bond acceptors (Lipinski definition) is 0. The van der Waals surface area contributed by atoms with Crippen LogP contribution in [0.4, 0.5) is 0 Å². The van der Waals surface area contributed by atoms with Crippen LogP contribution in [0.15, 0.2) is 0 Å². The van der Waals surface area contributed by atoms with Gasteiger partial charge in [0, 0.05) is 7.26 Å². The summed E-state index contributed by atoms with van der Waals surface area (Å²) in [6, 6.07) is 0. The molecular weight excluding hydrogens is 451 g/mol.